The van der Waals surface area contributed by atoms with Gasteiger partial charge in [0.05, 0.1) is 36.6 Å². The summed E-state index contributed by atoms with van der Waals surface area (Å²) in [7, 11) is 3.29. The number of hydrogen-bond donors (Lipinski definition) is 3. The summed E-state index contributed by atoms with van der Waals surface area (Å²) < 4.78 is 7.66. The van der Waals surface area contributed by atoms with Gasteiger partial charge in [-0.25, -0.2) is 0 Å². The van der Waals surface area contributed by atoms with E-state index >= 15 is 0 Å². The van der Waals surface area contributed by atoms with E-state index in [0.717, 1.165) is 17.5 Å². The largest absolute Gasteiger partial charge is 0.495 e. The lowest BCUT2D eigenvalue weighted by Gasteiger charge is -2.38. The van der Waals surface area contributed by atoms with Crippen LogP contribution in [0, 0.1) is 12.8 Å². The highest BCUT2D eigenvalue weighted by Crippen LogP contribution is 2.53. The number of carbonyl (C=O) groups excluding carboxylic acids is 3. The average Bonchev–Trinajstić information content (AvgIpc) is 3.54. The van der Waals surface area contributed by atoms with Crippen LogP contribution < -0.4 is 15.5 Å². The highest BCUT2D eigenvalue weighted by Gasteiger charge is 2.56. The smallest absolute Gasteiger partial charge is 0.261 e. The number of fused-ring (bicyclic) bond motifs is 1. The number of nitrogens with one attached hydrogen (secondary N) is 2. The molecule has 3 aromatic rings. The van der Waals surface area contributed by atoms with Crippen LogP contribution in [0.1, 0.15) is 58.9 Å². The van der Waals surface area contributed by atoms with Gasteiger partial charge in [0.25, 0.3) is 5.91 Å². The fraction of sp³-hybridized carbons (Fsp3) is 0.324. The van der Waals surface area contributed by atoms with Gasteiger partial charge in [0.2, 0.25) is 5.91 Å². The molecule has 1 aliphatic carbocycles. The summed E-state index contributed by atoms with van der Waals surface area (Å²) in [5, 5.41) is 16.0. The Morgan fingerprint density at radius 1 is 1.20 bits per heavy atom. The number of nitrogens with zero attached hydrogens (tertiary/aromatic N) is 2. The van der Waals surface area contributed by atoms with Gasteiger partial charge in [-0.3, -0.25) is 19.3 Å². The Hall–Kier alpha value is -4.05. The van der Waals surface area contributed by atoms with E-state index in [2.05, 4.69) is 10.6 Å². The number of anilines is 2. The number of aromatic nitrogens is 1. The SMILES string of the molecule is CNc1cc(Cl)ccc1C1(C=O)c2c(cn(C3=C(OC)C=CC(C(=O)NCCO)C3)c2C(C)C)C(=O)N1c1cc(Cl)ccc1C. The lowest BCUT2D eigenvalue weighted by atomic mass is 9.80. The number of aliphatic hydroxyl groups excluding tert-OH is 1. The molecule has 0 fully saturated rings. The molecule has 1 aromatic heterocycles. The molecule has 1 aliphatic heterocycles. The minimum Gasteiger partial charge on any atom is -0.495 e. The molecule has 2 aromatic carbocycles. The molecule has 9 nitrogen and oxygen atoms in total. The summed E-state index contributed by atoms with van der Waals surface area (Å²) in [6.07, 6.45) is 6.34. The van der Waals surface area contributed by atoms with Crippen molar-refractivity contribution in [3.63, 3.8) is 0 Å². The number of rotatable bonds is 10. The van der Waals surface area contributed by atoms with E-state index in [9.17, 15) is 19.5 Å². The van der Waals surface area contributed by atoms with Gasteiger partial charge >= 0.3 is 0 Å². The molecule has 0 saturated carbocycles. The second-order valence-corrected chi connectivity index (χ2v) is 12.3. The first kappa shape index (κ1) is 32.3. The Morgan fingerprint density at radius 2 is 1.91 bits per heavy atom. The molecule has 236 valence electrons. The third kappa shape index (κ3) is 5.32. The lowest BCUT2D eigenvalue weighted by Crippen LogP contribution is -2.48. The van der Waals surface area contributed by atoms with Crippen molar-refractivity contribution in [1.82, 2.24) is 9.88 Å². The molecule has 2 aliphatic rings. The number of aldehydes is 1. The van der Waals surface area contributed by atoms with Crippen molar-refractivity contribution in [3.05, 3.63) is 98.5 Å². The van der Waals surface area contributed by atoms with Crippen LogP contribution in [0.4, 0.5) is 11.4 Å². The topological polar surface area (TPSA) is 113 Å². The summed E-state index contributed by atoms with van der Waals surface area (Å²) in [4.78, 5) is 43.1. The van der Waals surface area contributed by atoms with Gasteiger partial charge in [0.15, 0.2) is 11.8 Å². The number of halogens is 2. The number of benzene rings is 2. The number of carbonyl (C=O) groups is 3. The summed E-state index contributed by atoms with van der Waals surface area (Å²) >= 11 is 12.9. The zero-order chi connectivity index (χ0) is 32.6. The van der Waals surface area contributed by atoms with E-state index in [-0.39, 0.29) is 37.3 Å². The van der Waals surface area contributed by atoms with Crippen LogP contribution >= 0.6 is 23.2 Å². The maximum atomic E-state index is 14.7. The maximum Gasteiger partial charge on any atom is 0.261 e. The first-order valence-corrected chi connectivity index (χ1v) is 15.4. The van der Waals surface area contributed by atoms with Crippen LogP contribution in [0.15, 0.2) is 60.5 Å². The quantitative estimate of drug-likeness (QED) is 0.237. The van der Waals surface area contributed by atoms with Crippen molar-refractivity contribution in [2.24, 2.45) is 5.92 Å². The monoisotopic (exact) mass is 650 g/mol. The van der Waals surface area contributed by atoms with Crippen molar-refractivity contribution in [2.75, 3.05) is 37.5 Å². The molecular weight excluding hydrogens is 615 g/mol. The van der Waals surface area contributed by atoms with Crippen molar-refractivity contribution < 1.29 is 24.2 Å². The summed E-state index contributed by atoms with van der Waals surface area (Å²) in [6.45, 7) is 5.83. The minimum atomic E-state index is -1.61. The van der Waals surface area contributed by atoms with Crippen LogP contribution in [-0.4, -0.2) is 55.1 Å². The molecule has 2 heterocycles. The Balaban J connectivity index is 1.83. The molecule has 11 heteroatoms. The molecule has 2 atom stereocenters. The Morgan fingerprint density at radius 3 is 2.56 bits per heavy atom. The molecule has 0 bridgehead atoms. The van der Waals surface area contributed by atoms with Gasteiger partial charge in [-0.2, -0.15) is 0 Å². The van der Waals surface area contributed by atoms with E-state index in [0.29, 0.717) is 49.6 Å². The fourth-order valence-corrected chi connectivity index (χ4v) is 6.78. The van der Waals surface area contributed by atoms with Crippen LogP contribution in [0.2, 0.25) is 10.0 Å². The van der Waals surface area contributed by atoms with Gasteiger partial charge in [-0.1, -0.05) is 55.3 Å². The summed E-state index contributed by atoms with van der Waals surface area (Å²) in [6, 6.07) is 10.5. The van der Waals surface area contributed by atoms with Crippen molar-refractivity contribution in [2.45, 2.75) is 38.6 Å². The van der Waals surface area contributed by atoms with Crippen LogP contribution in [0.25, 0.3) is 5.70 Å². The summed E-state index contributed by atoms with van der Waals surface area (Å²) in [5.41, 5.74) is 3.07. The standard InChI is InChI=1S/C34H36Cl2N4O5/c1-19(2)31-30-24(17-39(31)28-14-21(7-11-29(28)45-5)32(43)38-12-13-41)33(44)40(27-16-23(36)8-6-20(27)3)34(30,18-42)25-10-9-22(35)15-26(25)37-4/h6-11,15-19,21,37,41H,12-14H2,1-5H3,(H,38,43). The first-order valence-electron chi connectivity index (χ1n) is 14.7. The van der Waals surface area contributed by atoms with Gasteiger partial charge in [0.1, 0.15) is 5.76 Å². The number of ether oxygens (including phenoxy) is 1. The molecule has 2 unspecified atom stereocenters. The Bertz CT molecular complexity index is 1740. The molecule has 0 spiro atoms. The van der Waals surface area contributed by atoms with Crippen molar-refractivity contribution >= 4 is 58.4 Å². The van der Waals surface area contributed by atoms with Gasteiger partial charge in [-0.05, 0) is 48.7 Å². The third-order valence-electron chi connectivity index (χ3n) is 8.44. The fourth-order valence-electron chi connectivity index (χ4n) is 6.45. The molecule has 0 radical (unpaired) electrons. The number of methoxy groups -OCH3 is 1. The van der Waals surface area contributed by atoms with E-state index in [1.165, 1.54) is 4.90 Å². The lowest BCUT2D eigenvalue weighted by molar-refractivity contribution is -0.123. The van der Waals surface area contributed by atoms with E-state index in [1.54, 1.807) is 62.8 Å². The molecule has 45 heavy (non-hydrogen) atoms. The Labute approximate surface area is 272 Å². The molecule has 3 N–H and O–H groups in total. The number of allylic oxidation sites excluding steroid dienone is 2. The number of aliphatic hydroxyl groups is 1. The molecule has 5 rings (SSSR count). The van der Waals surface area contributed by atoms with Crippen LogP contribution in [0.5, 0.6) is 0 Å². The zero-order valence-corrected chi connectivity index (χ0v) is 27.3. The minimum absolute atomic E-state index is 0.137. The predicted molar refractivity (Wildman–Crippen MR) is 177 cm³/mol. The molecule has 0 saturated heterocycles. The van der Waals surface area contributed by atoms with Crippen molar-refractivity contribution in [1.29, 1.82) is 0 Å². The van der Waals surface area contributed by atoms with Gasteiger partial charge in [-0.15, -0.1) is 0 Å². The maximum absolute atomic E-state index is 14.7. The normalized spacial score (nSPS) is 19.3. The number of amides is 2. The third-order valence-corrected chi connectivity index (χ3v) is 8.91. The van der Waals surface area contributed by atoms with Crippen molar-refractivity contribution in [3.8, 4) is 0 Å². The summed E-state index contributed by atoms with van der Waals surface area (Å²) in [5.74, 6) is -0.787. The molecular formula is C34H36Cl2N4O5. The molecule has 2 amide bonds. The average molecular weight is 652 g/mol. The second kappa shape index (κ2) is 12.7. The first-order chi connectivity index (χ1) is 21.5. The second-order valence-electron chi connectivity index (χ2n) is 11.4. The highest BCUT2D eigenvalue weighted by molar-refractivity contribution is 6.31. The van der Waals surface area contributed by atoms with Crippen LogP contribution in [-0.2, 0) is 19.9 Å². The van der Waals surface area contributed by atoms with Crippen LogP contribution in [0.3, 0.4) is 0 Å². The van der Waals surface area contributed by atoms with E-state index in [1.807, 2.05) is 31.4 Å². The van der Waals surface area contributed by atoms with Gasteiger partial charge in [0, 0.05) is 58.8 Å². The Kier molecular flexibility index (Phi) is 9.16. The number of aryl methyl sites for hydroxylation is 1. The van der Waals surface area contributed by atoms with E-state index < -0.39 is 11.5 Å². The van der Waals surface area contributed by atoms with E-state index in [4.69, 9.17) is 27.9 Å². The number of hydrogen-bond acceptors (Lipinski definition) is 6. The van der Waals surface area contributed by atoms with Gasteiger partial charge < -0.3 is 25.0 Å². The highest BCUT2D eigenvalue weighted by atomic mass is 35.5. The predicted octanol–water partition coefficient (Wildman–Crippen LogP) is 5.87. The zero-order valence-electron chi connectivity index (χ0n) is 25.8.